The predicted molar refractivity (Wildman–Crippen MR) is 141 cm³/mol. The number of benzene rings is 3. The molecule has 0 bridgehead atoms. The minimum Gasteiger partial charge on any atom is -0.325 e. The highest BCUT2D eigenvalue weighted by Crippen LogP contribution is 2.41. The molecular formula is C27H31ClN2O3S. The molecule has 7 heteroatoms. The molecule has 180 valence electrons. The van der Waals surface area contributed by atoms with Crippen LogP contribution < -0.4 is 10.0 Å². The second-order valence-electron chi connectivity index (χ2n) is 8.97. The largest absolute Gasteiger partial charge is 0.325 e. The number of hydrogen-bond donors (Lipinski definition) is 2. The fourth-order valence-corrected chi connectivity index (χ4v) is 5.18. The molecule has 3 aromatic rings. The first kappa shape index (κ1) is 24.5. The van der Waals surface area contributed by atoms with Crippen molar-refractivity contribution in [1.29, 1.82) is 0 Å². The lowest BCUT2D eigenvalue weighted by Gasteiger charge is -2.36. The van der Waals surface area contributed by atoms with Crippen molar-refractivity contribution in [3.8, 4) is 11.1 Å². The van der Waals surface area contributed by atoms with Crippen molar-refractivity contribution in [3.05, 3.63) is 88.9 Å². The Hall–Kier alpha value is -2.67. The molecule has 5 nitrogen and oxygen atoms in total. The van der Waals surface area contributed by atoms with E-state index in [1.165, 1.54) is 0 Å². The first-order chi connectivity index (χ1) is 16.2. The molecule has 2 N–H and O–H groups in total. The van der Waals surface area contributed by atoms with E-state index in [0.717, 1.165) is 66.3 Å². The first-order valence-electron chi connectivity index (χ1n) is 11.5. The summed E-state index contributed by atoms with van der Waals surface area (Å²) in [6.45, 7) is 0.252. The Kier molecular flexibility index (Phi) is 7.41. The smallest absolute Gasteiger partial charge is 0.235 e. The molecular weight excluding hydrogens is 468 g/mol. The molecule has 4 rings (SSSR count). The number of sulfonamides is 1. The lowest BCUT2D eigenvalue weighted by molar-refractivity contribution is -0.122. The zero-order valence-electron chi connectivity index (χ0n) is 19.2. The van der Waals surface area contributed by atoms with Crippen LogP contribution in [0.5, 0.6) is 0 Å². The van der Waals surface area contributed by atoms with E-state index in [0.29, 0.717) is 5.02 Å². The van der Waals surface area contributed by atoms with E-state index in [4.69, 9.17) is 11.6 Å². The minimum absolute atomic E-state index is 0. The molecule has 0 unspecified atom stereocenters. The summed E-state index contributed by atoms with van der Waals surface area (Å²) in [4.78, 5) is 13.6. The van der Waals surface area contributed by atoms with Gasteiger partial charge < -0.3 is 5.32 Å². The topological polar surface area (TPSA) is 75.3 Å². The molecule has 0 aliphatic heterocycles. The van der Waals surface area contributed by atoms with Gasteiger partial charge in [-0.25, -0.2) is 13.1 Å². The zero-order chi connectivity index (χ0) is 24.2. The fourth-order valence-electron chi connectivity index (χ4n) is 4.63. The third-order valence-electron chi connectivity index (χ3n) is 6.48. The molecule has 34 heavy (non-hydrogen) atoms. The molecule has 3 aromatic carbocycles. The number of amides is 1. The highest BCUT2D eigenvalue weighted by molar-refractivity contribution is 7.88. The number of nitrogens with one attached hydrogen (secondary N) is 2. The van der Waals surface area contributed by atoms with Crippen LogP contribution in [0.2, 0.25) is 5.02 Å². The predicted octanol–water partition coefficient (Wildman–Crippen LogP) is 6.14. The maximum atomic E-state index is 13.6. The van der Waals surface area contributed by atoms with E-state index in [2.05, 4.69) is 10.0 Å². The lowest BCUT2D eigenvalue weighted by atomic mass is 9.68. The Labute approximate surface area is 208 Å². The fraction of sp³-hybridized carbons (Fsp3) is 0.296. The summed E-state index contributed by atoms with van der Waals surface area (Å²) in [6, 6.07) is 23.2. The highest BCUT2D eigenvalue weighted by Gasteiger charge is 2.41. The van der Waals surface area contributed by atoms with Crippen LogP contribution in [-0.2, 0) is 26.8 Å². The second kappa shape index (κ2) is 10.3. The third kappa shape index (κ3) is 5.87. The molecule has 1 amide bonds. The molecule has 0 atom stereocenters. The van der Waals surface area contributed by atoms with Gasteiger partial charge in [-0.1, -0.05) is 79.4 Å². The number of carbonyl (C=O) groups is 1. The number of hydrogen-bond acceptors (Lipinski definition) is 3. The van der Waals surface area contributed by atoms with Gasteiger partial charge in [-0.2, -0.15) is 0 Å². The molecule has 1 saturated carbocycles. The van der Waals surface area contributed by atoms with Crippen molar-refractivity contribution in [3.63, 3.8) is 0 Å². The highest BCUT2D eigenvalue weighted by atomic mass is 35.5. The van der Waals surface area contributed by atoms with Crippen LogP contribution in [0.25, 0.3) is 11.1 Å². The normalized spacial score (nSPS) is 15.6. The summed E-state index contributed by atoms with van der Waals surface area (Å²) < 4.78 is 25.1. The molecule has 0 aromatic heterocycles. The van der Waals surface area contributed by atoms with Crippen molar-refractivity contribution < 1.29 is 14.6 Å². The van der Waals surface area contributed by atoms with E-state index in [1.807, 2.05) is 72.8 Å². The van der Waals surface area contributed by atoms with Gasteiger partial charge in [0.05, 0.1) is 11.7 Å². The van der Waals surface area contributed by atoms with Gasteiger partial charge in [0.2, 0.25) is 15.9 Å². The van der Waals surface area contributed by atoms with Gasteiger partial charge in [0.15, 0.2) is 0 Å². The summed E-state index contributed by atoms with van der Waals surface area (Å²) in [5.74, 6) is 0.0221. The Bertz CT molecular complexity index is 1260. The minimum atomic E-state index is -3.24. The van der Waals surface area contributed by atoms with Crippen molar-refractivity contribution in [2.75, 3.05) is 11.6 Å². The maximum absolute atomic E-state index is 13.6. The summed E-state index contributed by atoms with van der Waals surface area (Å²) in [6.07, 6.45) is 5.98. The average molecular weight is 499 g/mol. The van der Waals surface area contributed by atoms with E-state index in [9.17, 15) is 13.2 Å². The standard InChI is InChI=1S/C27H29ClN2O3S.H2/c1-34(32,33)29-19-20-8-10-21(11-9-20)22-6-5-7-25(18-22)30-26(31)27(16-3-2-4-17-27)23-12-14-24(28)15-13-23;/h5-15,18,29H,2-4,16-17,19H2,1H3,(H,30,31);1H. The second-order valence-corrected chi connectivity index (χ2v) is 11.2. The molecule has 0 saturated heterocycles. The van der Waals surface area contributed by atoms with Crippen LogP contribution >= 0.6 is 11.6 Å². The van der Waals surface area contributed by atoms with E-state index in [1.54, 1.807) is 0 Å². The number of anilines is 1. The molecule has 1 fully saturated rings. The first-order valence-corrected chi connectivity index (χ1v) is 13.7. The van der Waals surface area contributed by atoms with Crippen molar-refractivity contribution in [2.45, 2.75) is 44.1 Å². The molecule has 0 spiro atoms. The summed E-state index contributed by atoms with van der Waals surface area (Å²) >= 11 is 6.10. The van der Waals surface area contributed by atoms with E-state index in [-0.39, 0.29) is 13.9 Å². The Morgan fingerprint density at radius 2 is 1.62 bits per heavy atom. The van der Waals surface area contributed by atoms with Crippen LogP contribution in [0.4, 0.5) is 5.69 Å². The number of carbonyl (C=O) groups excluding carboxylic acids is 1. The van der Waals surface area contributed by atoms with Crippen LogP contribution in [0.15, 0.2) is 72.8 Å². The van der Waals surface area contributed by atoms with E-state index >= 15 is 0 Å². The summed E-state index contributed by atoms with van der Waals surface area (Å²) in [5, 5.41) is 3.84. The van der Waals surface area contributed by atoms with Gasteiger partial charge in [0.25, 0.3) is 0 Å². The zero-order valence-corrected chi connectivity index (χ0v) is 20.8. The number of rotatable bonds is 7. The van der Waals surface area contributed by atoms with Crippen LogP contribution in [0.1, 0.15) is 44.7 Å². The van der Waals surface area contributed by atoms with Crippen LogP contribution in [0.3, 0.4) is 0 Å². The van der Waals surface area contributed by atoms with Crippen molar-refractivity contribution in [2.24, 2.45) is 0 Å². The van der Waals surface area contributed by atoms with Gasteiger partial charge in [0.1, 0.15) is 0 Å². The maximum Gasteiger partial charge on any atom is 0.235 e. The quantitative estimate of drug-likeness (QED) is 0.410. The molecule has 0 heterocycles. The molecule has 1 aliphatic rings. The summed E-state index contributed by atoms with van der Waals surface area (Å²) in [7, 11) is -3.24. The SMILES string of the molecule is CS(=O)(=O)NCc1ccc(-c2cccc(NC(=O)C3(c4ccc(Cl)cc4)CCCCC3)c2)cc1.[HH]. The van der Waals surface area contributed by atoms with E-state index < -0.39 is 15.4 Å². The van der Waals surface area contributed by atoms with Gasteiger partial charge >= 0.3 is 0 Å². The number of halogens is 1. The lowest BCUT2D eigenvalue weighted by Crippen LogP contribution is -2.42. The van der Waals surface area contributed by atoms with Gasteiger partial charge in [-0.15, -0.1) is 0 Å². The Balaban J connectivity index is 0.00000342. The third-order valence-corrected chi connectivity index (χ3v) is 7.41. The van der Waals surface area contributed by atoms with Crippen LogP contribution in [-0.4, -0.2) is 20.6 Å². The monoisotopic (exact) mass is 498 g/mol. The average Bonchev–Trinajstić information content (AvgIpc) is 2.83. The molecule has 0 radical (unpaired) electrons. The molecule has 1 aliphatic carbocycles. The van der Waals surface area contributed by atoms with Gasteiger partial charge in [-0.3, -0.25) is 4.79 Å². The van der Waals surface area contributed by atoms with Crippen molar-refractivity contribution in [1.82, 2.24) is 4.72 Å². The van der Waals surface area contributed by atoms with Crippen LogP contribution in [0, 0.1) is 0 Å². The van der Waals surface area contributed by atoms with Crippen molar-refractivity contribution >= 4 is 33.2 Å². The Morgan fingerprint density at radius 1 is 0.941 bits per heavy atom. The van der Waals surface area contributed by atoms with Gasteiger partial charge in [0, 0.05) is 18.7 Å². The van der Waals surface area contributed by atoms with Gasteiger partial charge in [-0.05, 0) is 59.4 Å². The Morgan fingerprint density at radius 3 is 2.26 bits per heavy atom. The summed E-state index contributed by atoms with van der Waals surface area (Å²) in [5.41, 5.74) is 4.06.